The van der Waals surface area contributed by atoms with E-state index in [1.54, 1.807) is 6.07 Å². The van der Waals surface area contributed by atoms with Crippen LogP contribution in [0.25, 0.3) is 0 Å². The van der Waals surface area contributed by atoms with Crippen LogP contribution in [0.3, 0.4) is 0 Å². The molecule has 0 saturated heterocycles. The number of rotatable bonds is 0. The summed E-state index contributed by atoms with van der Waals surface area (Å²) >= 11 is 0. The second-order valence-electron chi connectivity index (χ2n) is 2.98. The average Bonchev–Trinajstić information content (AvgIpc) is 2.07. The second-order valence-corrected chi connectivity index (χ2v) is 2.98. The molecule has 1 aliphatic rings. The average molecular weight is 163 g/mol. The van der Waals surface area contributed by atoms with Crippen molar-refractivity contribution in [3.63, 3.8) is 0 Å². The van der Waals surface area contributed by atoms with Gasteiger partial charge in [0.2, 0.25) is 0 Å². The van der Waals surface area contributed by atoms with E-state index >= 15 is 0 Å². The van der Waals surface area contributed by atoms with Gasteiger partial charge in [-0.25, -0.2) is 4.39 Å². The smallest absolute Gasteiger partial charge is 0.127 e. The molecule has 0 fully saturated rings. The van der Waals surface area contributed by atoms with Gasteiger partial charge in [-0.3, -0.25) is 4.99 Å². The molecule has 1 aromatic rings. The highest BCUT2D eigenvalue weighted by molar-refractivity contribution is 6.00. The zero-order chi connectivity index (χ0) is 8.55. The van der Waals surface area contributed by atoms with Gasteiger partial charge < -0.3 is 0 Å². The molecule has 0 N–H and O–H groups in total. The number of hydrogen-bond donors (Lipinski definition) is 0. The van der Waals surface area contributed by atoms with Crippen LogP contribution in [-0.2, 0) is 6.42 Å². The first-order valence-electron chi connectivity index (χ1n) is 4.08. The Kier molecular flexibility index (Phi) is 1.68. The van der Waals surface area contributed by atoms with Crippen LogP contribution in [0, 0.1) is 5.82 Å². The van der Waals surface area contributed by atoms with Gasteiger partial charge in [0, 0.05) is 17.8 Å². The number of aliphatic imine (C=N–C) groups is 1. The molecule has 0 aromatic heterocycles. The van der Waals surface area contributed by atoms with E-state index in [-0.39, 0.29) is 5.82 Å². The van der Waals surface area contributed by atoms with Gasteiger partial charge in [0.1, 0.15) is 5.82 Å². The van der Waals surface area contributed by atoms with Crippen molar-refractivity contribution in [1.29, 1.82) is 0 Å². The SMILES string of the molecule is CC1=NCCc2c(F)cccc21. The van der Waals surface area contributed by atoms with Crippen molar-refractivity contribution in [2.24, 2.45) is 4.99 Å². The lowest BCUT2D eigenvalue weighted by Gasteiger charge is -2.14. The quantitative estimate of drug-likeness (QED) is 0.556. The van der Waals surface area contributed by atoms with E-state index in [4.69, 9.17) is 0 Å². The maximum atomic E-state index is 13.2. The Morgan fingerprint density at radius 3 is 3.00 bits per heavy atom. The van der Waals surface area contributed by atoms with E-state index in [0.29, 0.717) is 0 Å². The van der Waals surface area contributed by atoms with Gasteiger partial charge in [0.25, 0.3) is 0 Å². The molecule has 0 radical (unpaired) electrons. The molecule has 0 bridgehead atoms. The van der Waals surface area contributed by atoms with E-state index in [1.165, 1.54) is 6.07 Å². The lowest BCUT2D eigenvalue weighted by Crippen LogP contribution is -2.11. The van der Waals surface area contributed by atoms with Gasteiger partial charge in [-0.1, -0.05) is 12.1 Å². The van der Waals surface area contributed by atoms with Crippen molar-refractivity contribution in [3.8, 4) is 0 Å². The van der Waals surface area contributed by atoms with Crippen LogP contribution in [0.4, 0.5) is 4.39 Å². The highest BCUT2D eigenvalue weighted by Gasteiger charge is 2.13. The van der Waals surface area contributed by atoms with Crippen molar-refractivity contribution >= 4 is 5.71 Å². The third kappa shape index (κ3) is 1.04. The molecule has 12 heavy (non-hydrogen) atoms. The first-order valence-corrected chi connectivity index (χ1v) is 4.08. The van der Waals surface area contributed by atoms with E-state index in [9.17, 15) is 4.39 Å². The maximum absolute atomic E-state index is 13.2. The first-order chi connectivity index (χ1) is 5.79. The zero-order valence-corrected chi connectivity index (χ0v) is 6.97. The van der Waals surface area contributed by atoms with Crippen LogP contribution >= 0.6 is 0 Å². The van der Waals surface area contributed by atoms with Gasteiger partial charge in [-0.05, 0) is 25.0 Å². The van der Waals surface area contributed by atoms with Gasteiger partial charge in [-0.15, -0.1) is 0 Å². The van der Waals surface area contributed by atoms with Crippen molar-refractivity contribution < 1.29 is 4.39 Å². The molecule has 1 aromatic carbocycles. The summed E-state index contributed by atoms with van der Waals surface area (Å²) in [6, 6.07) is 5.17. The number of halogens is 1. The molecule has 0 aliphatic carbocycles. The standard InChI is InChI=1S/C10H10FN/c1-7-8-3-2-4-10(11)9(8)5-6-12-7/h2-4H,5-6H2,1H3. The lowest BCUT2D eigenvalue weighted by atomic mass is 9.98. The Hall–Kier alpha value is -1.18. The van der Waals surface area contributed by atoms with Gasteiger partial charge in [-0.2, -0.15) is 0 Å². The van der Waals surface area contributed by atoms with Crippen LogP contribution in [0.2, 0.25) is 0 Å². The Morgan fingerprint density at radius 2 is 2.25 bits per heavy atom. The fraction of sp³-hybridized carbons (Fsp3) is 0.300. The number of fused-ring (bicyclic) bond motifs is 1. The lowest BCUT2D eigenvalue weighted by molar-refractivity contribution is 0.607. The molecule has 1 aliphatic heterocycles. The minimum absolute atomic E-state index is 0.0956. The van der Waals surface area contributed by atoms with Gasteiger partial charge in [0.05, 0.1) is 0 Å². The van der Waals surface area contributed by atoms with E-state index in [0.717, 1.165) is 29.8 Å². The summed E-state index contributed by atoms with van der Waals surface area (Å²) in [5.74, 6) is -0.0956. The second kappa shape index (κ2) is 2.70. The Balaban J connectivity index is 2.62. The fourth-order valence-corrected chi connectivity index (χ4v) is 1.57. The minimum Gasteiger partial charge on any atom is -0.289 e. The molecule has 1 heterocycles. The Labute approximate surface area is 70.9 Å². The fourth-order valence-electron chi connectivity index (χ4n) is 1.57. The summed E-state index contributed by atoms with van der Waals surface area (Å²) in [6.07, 6.45) is 0.735. The van der Waals surface area contributed by atoms with Crippen molar-refractivity contribution in [2.45, 2.75) is 13.3 Å². The van der Waals surface area contributed by atoms with Crippen molar-refractivity contribution in [3.05, 3.63) is 35.1 Å². The van der Waals surface area contributed by atoms with E-state index in [2.05, 4.69) is 4.99 Å². The minimum atomic E-state index is -0.0956. The summed E-state index contributed by atoms with van der Waals surface area (Å²) in [5.41, 5.74) is 2.75. The maximum Gasteiger partial charge on any atom is 0.127 e. The normalized spacial score (nSPS) is 15.3. The molecule has 0 saturated carbocycles. The Morgan fingerprint density at radius 1 is 1.42 bits per heavy atom. The molecule has 0 unspecified atom stereocenters. The third-order valence-electron chi connectivity index (χ3n) is 2.22. The summed E-state index contributed by atoms with van der Waals surface area (Å²) in [4.78, 5) is 4.26. The van der Waals surface area contributed by atoms with Crippen LogP contribution in [0.15, 0.2) is 23.2 Å². The molecule has 1 nitrogen and oxygen atoms in total. The van der Waals surface area contributed by atoms with Crippen LogP contribution in [0.1, 0.15) is 18.1 Å². The third-order valence-corrected chi connectivity index (χ3v) is 2.22. The largest absolute Gasteiger partial charge is 0.289 e. The van der Waals surface area contributed by atoms with Gasteiger partial charge >= 0.3 is 0 Å². The predicted octanol–water partition coefficient (Wildman–Crippen LogP) is 2.19. The first kappa shape index (κ1) is 7.47. The summed E-state index contributed by atoms with van der Waals surface area (Å²) in [7, 11) is 0. The van der Waals surface area contributed by atoms with E-state index in [1.807, 2.05) is 13.0 Å². The highest BCUT2D eigenvalue weighted by Crippen LogP contribution is 2.18. The summed E-state index contributed by atoms with van der Waals surface area (Å²) in [5, 5.41) is 0. The number of hydrogen-bond acceptors (Lipinski definition) is 1. The molecule has 0 spiro atoms. The number of nitrogens with zero attached hydrogens (tertiary/aromatic N) is 1. The van der Waals surface area contributed by atoms with Crippen molar-refractivity contribution in [1.82, 2.24) is 0 Å². The molecule has 2 heteroatoms. The van der Waals surface area contributed by atoms with E-state index < -0.39 is 0 Å². The molecule has 2 rings (SSSR count). The molecule has 0 amide bonds. The number of benzene rings is 1. The Bertz CT molecular complexity index is 342. The predicted molar refractivity (Wildman–Crippen MR) is 47.2 cm³/mol. The topological polar surface area (TPSA) is 12.4 Å². The van der Waals surface area contributed by atoms with Gasteiger partial charge in [0.15, 0.2) is 0 Å². The summed E-state index contributed by atoms with van der Waals surface area (Å²) in [6.45, 7) is 2.65. The highest BCUT2D eigenvalue weighted by atomic mass is 19.1. The molecular formula is C10H10FN. The zero-order valence-electron chi connectivity index (χ0n) is 6.97. The van der Waals surface area contributed by atoms with Crippen LogP contribution < -0.4 is 0 Å². The molecule has 0 atom stereocenters. The van der Waals surface area contributed by atoms with Crippen LogP contribution in [-0.4, -0.2) is 12.3 Å². The van der Waals surface area contributed by atoms with Crippen molar-refractivity contribution in [2.75, 3.05) is 6.54 Å². The summed E-state index contributed by atoms with van der Waals surface area (Å²) < 4.78 is 13.2. The molecular weight excluding hydrogens is 153 g/mol. The van der Waals surface area contributed by atoms with Crippen LogP contribution in [0.5, 0.6) is 0 Å². The monoisotopic (exact) mass is 163 g/mol. The molecule has 62 valence electrons.